The van der Waals surface area contributed by atoms with E-state index in [4.69, 9.17) is 13.7 Å². The number of amides is 2. The van der Waals surface area contributed by atoms with E-state index in [0.717, 1.165) is 0 Å². The zero-order valence-corrected chi connectivity index (χ0v) is 22.4. The largest absolute Gasteiger partial charge is 0.493 e. The summed E-state index contributed by atoms with van der Waals surface area (Å²) in [7, 11) is 1.53. The number of carbonyl (C=O) groups excluding carboxylic acids is 2. The molecule has 0 spiro atoms. The van der Waals surface area contributed by atoms with Gasteiger partial charge in [-0.05, 0) is 68.8 Å². The highest BCUT2D eigenvalue weighted by atomic mass is 19.1. The molecule has 2 amide bonds. The Bertz CT molecular complexity index is 1690. The zero-order chi connectivity index (χ0) is 28.4. The molecule has 0 fully saturated rings. The third-order valence-corrected chi connectivity index (χ3v) is 6.43. The number of carbonyl (C=O) groups is 2. The van der Waals surface area contributed by atoms with Crippen molar-refractivity contribution < 1.29 is 27.7 Å². The van der Waals surface area contributed by atoms with Gasteiger partial charge in [-0.15, -0.1) is 0 Å². The molecule has 5 rings (SSSR count). The molecule has 2 N–H and O–H groups in total. The summed E-state index contributed by atoms with van der Waals surface area (Å²) in [6.45, 7) is 5.79. The van der Waals surface area contributed by atoms with Gasteiger partial charge in [-0.3, -0.25) is 9.59 Å². The Kier molecular flexibility index (Phi) is 7.08. The van der Waals surface area contributed by atoms with Gasteiger partial charge in [0.25, 0.3) is 11.8 Å². The fourth-order valence-corrected chi connectivity index (χ4v) is 4.47. The van der Waals surface area contributed by atoms with Gasteiger partial charge in [0, 0.05) is 35.2 Å². The van der Waals surface area contributed by atoms with Crippen LogP contribution in [0, 0.1) is 5.82 Å². The van der Waals surface area contributed by atoms with Gasteiger partial charge in [0.05, 0.1) is 17.7 Å². The SMILES string of the molecule is CCOc1cc2oc(-c3ccc(F)cc3)c(C(=O)NC)c2cc1-c1cccc(C(=O)NC(C)(C)c2ncon2)c1. The average Bonchev–Trinajstić information content (AvgIpc) is 3.62. The minimum absolute atomic E-state index is 0.309. The molecule has 0 radical (unpaired) electrons. The van der Waals surface area contributed by atoms with Gasteiger partial charge in [-0.2, -0.15) is 4.98 Å². The first-order chi connectivity index (χ1) is 19.2. The monoisotopic (exact) mass is 542 g/mol. The van der Waals surface area contributed by atoms with Crippen molar-refractivity contribution in [2.45, 2.75) is 26.3 Å². The van der Waals surface area contributed by atoms with Crippen LogP contribution in [-0.2, 0) is 5.54 Å². The molecule has 0 aliphatic carbocycles. The standard InChI is InChI=1S/C30H27FN4O5/c1-5-38-23-15-24-22(25(28(37)32-4)26(40-24)17-9-11-20(31)12-10-17)14-21(23)18-7-6-8-19(13-18)27(36)34-30(2,3)29-33-16-39-35-29/h6-16H,5H2,1-4H3,(H,32,37)(H,34,36). The van der Waals surface area contributed by atoms with Gasteiger partial charge in [-0.1, -0.05) is 17.3 Å². The van der Waals surface area contributed by atoms with Crippen LogP contribution in [0.2, 0.25) is 0 Å². The summed E-state index contributed by atoms with van der Waals surface area (Å²) < 4.78 is 30.5. The molecule has 40 heavy (non-hydrogen) atoms. The molecule has 0 aliphatic rings. The number of fused-ring (bicyclic) bond motifs is 1. The van der Waals surface area contributed by atoms with Crippen LogP contribution in [0.5, 0.6) is 5.75 Å². The van der Waals surface area contributed by atoms with E-state index in [-0.39, 0.29) is 11.8 Å². The number of halogens is 1. The van der Waals surface area contributed by atoms with Gasteiger partial charge in [0.1, 0.15) is 22.9 Å². The maximum absolute atomic E-state index is 13.6. The number of hydrogen-bond donors (Lipinski definition) is 2. The molecule has 0 saturated heterocycles. The smallest absolute Gasteiger partial charge is 0.255 e. The summed E-state index contributed by atoms with van der Waals surface area (Å²) in [6.07, 6.45) is 1.21. The Morgan fingerprint density at radius 1 is 1.02 bits per heavy atom. The van der Waals surface area contributed by atoms with Gasteiger partial charge in [-0.25, -0.2) is 4.39 Å². The molecule has 2 heterocycles. The highest BCUT2D eigenvalue weighted by Gasteiger charge is 2.28. The van der Waals surface area contributed by atoms with Crippen molar-refractivity contribution in [2.75, 3.05) is 13.7 Å². The maximum Gasteiger partial charge on any atom is 0.255 e. The highest BCUT2D eigenvalue weighted by Crippen LogP contribution is 2.41. The molecule has 0 saturated carbocycles. The second-order valence-electron chi connectivity index (χ2n) is 9.58. The average molecular weight is 543 g/mol. The minimum Gasteiger partial charge on any atom is -0.493 e. The van der Waals surface area contributed by atoms with E-state index in [1.165, 1.54) is 25.6 Å². The molecule has 3 aromatic carbocycles. The van der Waals surface area contributed by atoms with Gasteiger partial charge in [0.2, 0.25) is 6.39 Å². The summed E-state index contributed by atoms with van der Waals surface area (Å²) in [5.41, 5.74) is 2.19. The number of rotatable bonds is 8. The summed E-state index contributed by atoms with van der Waals surface area (Å²) in [6, 6.07) is 16.3. The second-order valence-corrected chi connectivity index (χ2v) is 9.58. The molecular weight excluding hydrogens is 515 g/mol. The zero-order valence-electron chi connectivity index (χ0n) is 22.4. The molecule has 5 aromatic rings. The molecule has 0 aliphatic heterocycles. The van der Waals surface area contributed by atoms with E-state index < -0.39 is 11.4 Å². The number of nitrogens with one attached hydrogen (secondary N) is 2. The Morgan fingerprint density at radius 3 is 2.48 bits per heavy atom. The Balaban J connectivity index is 1.61. The normalized spacial score (nSPS) is 11.4. The Morgan fingerprint density at radius 2 is 1.80 bits per heavy atom. The maximum atomic E-state index is 13.6. The molecule has 9 nitrogen and oxygen atoms in total. The van der Waals surface area contributed by atoms with E-state index in [0.29, 0.717) is 62.7 Å². The van der Waals surface area contributed by atoms with E-state index in [9.17, 15) is 14.0 Å². The number of hydrogen-bond acceptors (Lipinski definition) is 7. The van der Waals surface area contributed by atoms with Gasteiger partial charge < -0.3 is 24.3 Å². The molecule has 2 aromatic heterocycles. The number of ether oxygens (including phenoxy) is 1. The number of furan rings is 1. The molecule has 0 unspecified atom stereocenters. The minimum atomic E-state index is -0.870. The summed E-state index contributed by atoms with van der Waals surface area (Å²) >= 11 is 0. The fourth-order valence-electron chi connectivity index (χ4n) is 4.47. The fraction of sp³-hybridized carbons (Fsp3) is 0.200. The third-order valence-electron chi connectivity index (χ3n) is 6.43. The molecule has 0 bridgehead atoms. The van der Waals surface area contributed by atoms with Crippen LogP contribution in [0.3, 0.4) is 0 Å². The number of aromatic nitrogens is 2. The first-order valence-electron chi connectivity index (χ1n) is 12.6. The topological polar surface area (TPSA) is 119 Å². The van der Waals surface area contributed by atoms with Crippen LogP contribution >= 0.6 is 0 Å². The lowest BCUT2D eigenvalue weighted by Crippen LogP contribution is -2.41. The first kappa shape index (κ1) is 26.6. The van der Waals surface area contributed by atoms with Crippen LogP contribution in [-0.4, -0.2) is 35.6 Å². The number of benzene rings is 3. The van der Waals surface area contributed by atoms with E-state index in [1.54, 1.807) is 50.2 Å². The van der Waals surface area contributed by atoms with Crippen molar-refractivity contribution >= 4 is 22.8 Å². The van der Waals surface area contributed by atoms with Crippen molar-refractivity contribution in [1.29, 1.82) is 0 Å². The highest BCUT2D eigenvalue weighted by molar-refractivity contribution is 6.12. The van der Waals surface area contributed by atoms with E-state index >= 15 is 0 Å². The lowest BCUT2D eigenvalue weighted by molar-refractivity contribution is 0.0906. The van der Waals surface area contributed by atoms with Crippen LogP contribution < -0.4 is 15.4 Å². The van der Waals surface area contributed by atoms with Crippen LogP contribution in [0.4, 0.5) is 4.39 Å². The van der Waals surface area contributed by atoms with Crippen molar-refractivity contribution in [3.8, 4) is 28.2 Å². The summed E-state index contributed by atoms with van der Waals surface area (Å²) in [5, 5.41) is 9.98. The van der Waals surface area contributed by atoms with Crippen molar-refractivity contribution in [3.63, 3.8) is 0 Å². The molecule has 0 atom stereocenters. The van der Waals surface area contributed by atoms with Crippen LogP contribution in [0.15, 0.2) is 76.0 Å². The Labute approximate surface area is 229 Å². The second kappa shape index (κ2) is 10.6. The first-order valence-corrected chi connectivity index (χ1v) is 12.6. The lowest BCUT2D eigenvalue weighted by Gasteiger charge is -2.22. The third kappa shape index (κ3) is 5.03. The Hall–Kier alpha value is -4.99. The summed E-state index contributed by atoms with van der Waals surface area (Å²) in [5.74, 6) is 0.0913. The molecular formula is C30H27FN4O5. The lowest BCUT2D eigenvalue weighted by atomic mass is 9.97. The van der Waals surface area contributed by atoms with Crippen molar-refractivity contribution in [2.24, 2.45) is 0 Å². The van der Waals surface area contributed by atoms with Crippen molar-refractivity contribution in [3.05, 3.63) is 89.8 Å². The van der Waals surface area contributed by atoms with Gasteiger partial charge in [0.15, 0.2) is 5.82 Å². The van der Waals surface area contributed by atoms with Crippen LogP contribution in [0.25, 0.3) is 33.4 Å². The molecule has 204 valence electrons. The predicted molar refractivity (Wildman–Crippen MR) is 146 cm³/mol. The predicted octanol–water partition coefficient (Wildman–Crippen LogP) is 5.71. The van der Waals surface area contributed by atoms with E-state index in [2.05, 4.69) is 20.8 Å². The van der Waals surface area contributed by atoms with Gasteiger partial charge >= 0.3 is 0 Å². The molecule has 10 heteroatoms. The number of nitrogens with zero attached hydrogens (tertiary/aromatic N) is 2. The quantitative estimate of drug-likeness (QED) is 0.258. The van der Waals surface area contributed by atoms with Crippen molar-refractivity contribution in [1.82, 2.24) is 20.8 Å². The summed E-state index contributed by atoms with van der Waals surface area (Å²) in [4.78, 5) is 30.3. The van der Waals surface area contributed by atoms with Crippen LogP contribution in [0.1, 0.15) is 47.3 Å². The van der Waals surface area contributed by atoms with E-state index in [1.807, 2.05) is 19.1 Å².